The lowest BCUT2D eigenvalue weighted by Gasteiger charge is -2.16. The van der Waals surface area contributed by atoms with Gasteiger partial charge < -0.3 is 4.89 Å². The highest BCUT2D eigenvalue weighted by atomic mass is 31.2. The van der Waals surface area contributed by atoms with Gasteiger partial charge in [0, 0.05) is 11.5 Å². The molecule has 3 nitrogen and oxygen atoms in total. The van der Waals surface area contributed by atoms with Crippen LogP contribution in [0.4, 0.5) is 0 Å². The van der Waals surface area contributed by atoms with E-state index in [-0.39, 0.29) is 6.16 Å². The Kier molecular flexibility index (Phi) is 2.66. The fraction of sp³-hybridized carbons (Fsp3) is 0.417. The Morgan fingerprint density at radius 3 is 2.62 bits per heavy atom. The van der Waals surface area contributed by atoms with Crippen LogP contribution in [0, 0.1) is 11.3 Å². The fourth-order valence-electron chi connectivity index (χ4n) is 1.92. The first-order valence-electron chi connectivity index (χ1n) is 5.39. The van der Waals surface area contributed by atoms with Crippen molar-refractivity contribution in [2.24, 2.45) is 0 Å². The summed E-state index contributed by atoms with van der Waals surface area (Å²) in [6.07, 6.45) is 1.81. The first-order valence-corrected chi connectivity index (χ1v) is 7.23. The van der Waals surface area contributed by atoms with Crippen LogP contribution >= 0.6 is 7.37 Å². The Morgan fingerprint density at radius 1 is 1.50 bits per heavy atom. The molecule has 1 saturated carbocycles. The van der Waals surface area contributed by atoms with E-state index in [0.29, 0.717) is 5.30 Å². The zero-order valence-electron chi connectivity index (χ0n) is 9.18. The van der Waals surface area contributed by atoms with Crippen molar-refractivity contribution in [2.45, 2.75) is 25.2 Å². The molecular formula is C12H14NO2P. The second-order valence-electron chi connectivity index (χ2n) is 4.23. The SMILES string of the molecule is CCP(=O)(O)c1ccccc1C1(C#N)CC1. The van der Waals surface area contributed by atoms with Gasteiger partial charge >= 0.3 is 0 Å². The van der Waals surface area contributed by atoms with Gasteiger partial charge in [0.15, 0.2) is 0 Å². The van der Waals surface area contributed by atoms with E-state index >= 15 is 0 Å². The maximum absolute atomic E-state index is 12.0. The normalized spacial score (nSPS) is 20.8. The molecule has 2 rings (SSSR count). The Balaban J connectivity index is 2.57. The van der Waals surface area contributed by atoms with Gasteiger partial charge in [0.2, 0.25) is 7.37 Å². The lowest BCUT2D eigenvalue weighted by atomic mass is 9.98. The van der Waals surface area contributed by atoms with Gasteiger partial charge in [0.1, 0.15) is 0 Å². The molecule has 1 N–H and O–H groups in total. The summed E-state index contributed by atoms with van der Waals surface area (Å²) < 4.78 is 12.0. The lowest BCUT2D eigenvalue weighted by Crippen LogP contribution is -2.19. The molecule has 1 aliphatic carbocycles. The predicted molar refractivity (Wildman–Crippen MR) is 63.0 cm³/mol. The maximum atomic E-state index is 12.0. The summed E-state index contributed by atoms with van der Waals surface area (Å²) in [5.74, 6) is 0. The molecule has 84 valence electrons. The van der Waals surface area contributed by atoms with Crippen molar-refractivity contribution in [3.63, 3.8) is 0 Å². The van der Waals surface area contributed by atoms with Crippen molar-refractivity contribution in [1.29, 1.82) is 5.26 Å². The molecule has 1 unspecified atom stereocenters. The van der Waals surface area contributed by atoms with Gasteiger partial charge in [-0.15, -0.1) is 0 Å². The minimum absolute atomic E-state index is 0.214. The molecule has 0 bridgehead atoms. The molecule has 1 aliphatic rings. The van der Waals surface area contributed by atoms with Crippen molar-refractivity contribution in [3.05, 3.63) is 29.8 Å². The van der Waals surface area contributed by atoms with Crippen LogP contribution in [0.25, 0.3) is 0 Å². The minimum Gasteiger partial charge on any atom is -0.341 e. The summed E-state index contributed by atoms with van der Waals surface area (Å²) in [7, 11) is -3.28. The van der Waals surface area contributed by atoms with Crippen LogP contribution in [0.2, 0.25) is 0 Å². The van der Waals surface area contributed by atoms with Gasteiger partial charge in [-0.1, -0.05) is 25.1 Å². The largest absolute Gasteiger partial charge is 0.341 e. The van der Waals surface area contributed by atoms with Crippen LogP contribution < -0.4 is 5.30 Å². The number of hydrogen-bond acceptors (Lipinski definition) is 2. The molecule has 0 aliphatic heterocycles. The summed E-state index contributed by atoms with van der Waals surface area (Å²) >= 11 is 0. The summed E-state index contributed by atoms with van der Waals surface area (Å²) in [5, 5.41) is 9.62. The first kappa shape index (κ1) is 11.4. The molecule has 0 aromatic heterocycles. The number of hydrogen-bond donors (Lipinski definition) is 1. The number of nitriles is 1. The molecule has 1 aromatic carbocycles. The predicted octanol–water partition coefficient (Wildman–Crippen LogP) is 2.16. The van der Waals surface area contributed by atoms with Crippen molar-refractivity contribution < 1.29 is 9.46 Å². The van der Waals surface area contributed by atoms with Gasteiger partial charge in [-0.05, 0) is 24.5 Å². The van der Waals surface area contributed by atoms with Gasteiger partial charge in [0.05, 0.1) is 11.5 Å². The van der Waals surface area contributed by atoms with Crippen LogP contribution in [0.3, 0.4) is 0 Å². The highest BCUT2D eigenvalue weighted by Crippen LogP contribution is 2.51. The second-order valence-corrected chi connectivity index (χ2v) is 6.75. The van der Waals surface area contributed by atoms with Crippen molar-refractivity contribution >= 4 is 12.7 Å². The van der Waals surface area contributed by atoms with Crippen molar-refractivity contribution in [3.8, 4) is 6.07 Å². The molecule has 0 heterocycles. The molecule has 4 heteroatoms. The second kappa shape index (κ2) is 3.73. The monoisotopic (exact) mass is 235 g/mol. The average Bonchev–Trinajstić information content (AvgIpc) is 3.10. The van der Waals surface area contributed by atoms with Gasteiger partial charge in [-0.25, -0.2) is 0 Å². The Morgan fingerprint density at radius 2 is 2.12 bits per heavy atom. The highest BCUT2D eigenvalue weighted by Gasteiger charge is 2.47. The molecular weight excluding hydrogens is 221 g/mol. The number of benzene rings is 1. The standard InChI is InChI=1S/C12H14NO2P/c1-2-16(14,15)11-6-4-3-5-10(11)12(9-13)7-8-12/h3-6H,2,7-8H2,1H3,(H,14,15). The summed E-state index contributed by atoms with van der Waals surface area (Å²) in [6.45, 7) is 1.70. The van der Waals surface area contributed by atoms with Crippen LogP contribution in [0.5, 0.6) is 0 Å². The van der Waals surface area contributed by atoms with Gasteiger partial charge in [0.25, 0.3) is 0 Å². The summed E-state index contributed by atoms with van der Waals surface area (Å²) in [5.41, 5.74) is 0.259. The third kappa shape index (κ3) is 1.69. The zero-order chi connectivity index (χ0) is 11.8. The smallest absolute Gasteiger partial charge is 0.229 e. The summed E-state index contributed by atoms with van der Waals surface area (Å²) in [4.78, 5) is 9.91. The maximum Gasteiger partial charge on any atom is 0.229 e. The van der Waals surface area contributed by atoms with Crippen LogP contribution in [-0.4, -0.2) is 11.1 Å². The van der Waals surface area contributed by atoms with E-state index in [1.807, 2.05) is 12.1 Å². The average molecular weight is 235 g/mol. The Hall–Kier alpha value is -1.10. The fourth-order valence-corrected chi connectivity index (χ4v) is 3.24. The molecule has 1 atom stereocenters. The van der Waals surface area contributed by atoms with E-state index < -0.39 is 12.8 Å². The highest BCUT2D eigenvalue weighted by molar-refractivity contribution is 7.66. The van der Waals surface area contributed by atoms with E-state index in [1.165, 1.54) is 0 Å². The van der Waals surface area contributed by atoms with Crippen LogP contribution in [0.15, 0.2) is 24.3 Å². The third-order valence-electron chi connectivity index (χ3n) is 3.19. The molecule has 1 fully saturated rings. The number of rotatable bonds is 3. The third-order valence-corrected chi connectivity index (χ3v) is 5.19. The van der Waals surface area contributed by atoms with Gasteiger partial charge in [-0.2, -0.15) is 5.26 Å². The van der Waals surface area contributed by atoms with E-state index in [9.17, 15) is 9.46 Å². The van der Waals surface area contributed by atoms with Crippen molar-refractivity contribution in [1.82, 2.24) is 0 Å². The van der Waals surface area contributed by atoms with Crippen LogP contribution in [-0.2, 0) is 9.98 Å². The van der Waals surface area contributed by atoms with E-state index in [0.717, 1.165) is 18.4 Å². The molecule has 0 spiro atoms. The summed E-state index contributed by atoms with van der Waals surface area (Å²) in [6, 6.07) is 9.34. The quantitative estimate of drug-likeness (QED) is 0.816. The Bertz CT molecular complexity index is 500. The minimum atomic E-state index is -3.28. The first-order chi connectivity index (χ1) is 7.56. The molecule has 0 saturated heterocycles. The number of nitrogens with zero attached hydrogens (tertiary/aromatic N) is 1. The molecule has 0 radical (unpaired) electrons. The van der Waals surface area contributed by atoms with Crippen LogP contribution in [0.1, 0.15) is 25.3 Å². The Labute approximate surface area is 95.2 Å². The molecule has 1 aromatic rings. The van der Waals surface area contributed by atoms with E-state index in [2.05, 4.69) is 6.07 Å². The zero-order valence-corrected chi connectivity index (χ0v) is 10.1. The molecule has 16 heavy (non-hydrogen) atoms. The van der Waals surface area contributed by atoms with Crippen molar-refractivity contribution in [2.75, 3.05) is 6.16 Å². The molecule has 0 amide bonds. The van der Waals surface area contributed by atoms with E-state index in [4.69, 9.17) is 5.26 Å². The topological polar surface area (TPSA) is 61.1 Å². The van der Waals surface area contributed by atoms with E-state index in [1.54, 1.807) is 19.1 Å². The lowest BCUT2D eigenvalue weighted by molar-refractivity contribution is 0.490. The van der Waals surface area contributed by atoms with Gasteiger partial charge in [-0.3, -0.25) is 4.57 Å².